The summed E-state index contributed by atoms with van der Waals surface area (Å²) in [5.74, 6) is 1.33. The SMILES string of the molecule is CC1(C)COC(CC(=[N-])c2[c-]cc(N)c([C-]=O)c2)=N1.[CH2-]c1ccc(OCCNC)cc1[CH2-].[K+].[K+]. The summed E-state index contributed by atoms with van der Waals surface area (Å²) in [6.45, 7) is 13.6. The third kappa shape index (κ3) is 11.3. The summed E-state index contributed by atoms with van der Waals surface area (Å²) in [5.41, 5.74) is 8.08. The topological polar surface area (TPSA) is 108 Å². The Labute approximate surface area is 288 Å². The van der Waals surface area contributed by atoms with E-state index in [0.717, 1.165) is 23.4 Å². The van der Waals surface area contributed by atoms with Crippen LogP contribution in [-0.2, 0) is 9.53 Å². The standard InChI is InChI=1S/C14H14N3O2.C11H15NO.2K/c1-14(2)8-19-13(17-14)6-12(16)9-3-4-11(15)10(5-9)7-18;1-9-4-5-11(8-10(9)2)13-7-6-12-3;;/h4-5H,6,8,15H2,1-2H3;4-5,8,12H,1-2,6-7H2,3H3;;/q-3;-2;2*+1. The molecule has 0 saturated carbocycles. The molecule has 0 bridgehead atoms. The van der Waals surface area contributed by atoms with Gasteiger partial charge in [0.1, 0.15) is 6.61 Å². The van der Waals surface area contributed by atoms with Gasteiger partial charge in [-0.05, 0) is 27.3 Å². The quantitative estimate of drug-likeness (QED) is 0.130. The summed E-state index contributed by atoms with van der Waals surface area (Å²) >= 11 is 0. The van der Waals surface area contributed by atoms with E-state index in [1.54, 1.807) is 6.29 Å². The minimum Gasteiger partial charge on any atom is -0.859 e. The van der Waals surface area contributed by atoms with E-state index in [9.17, 15) is 10.2 Å². The van der Waals surface area contributed by atoms with Gasteiger partial charge in [-0.2, -0.15) is 17.7 Å². The molecule has 0 aromatic heterocycles. The third-order valence-electron chi connectivity index (χ3n) is 4.54. The zero-order valence-corrected chi connectivity index (χ0v) is 27.1. The van der Waals surface area contributed by atoms with Crippen LogP contribution in [0.5, 0.6) is 5.75 Å². The number of hydrogen-bond donors (Lipinski definition) is 2. The van der Waals surface area contributed by atoms with Crippen molar-refractivity contribution in [3.05, 3.63) is 77.9 Å². The van der Waals surface area contributed by atoms with E-state index in [0.29, 0.717) is 24.7 Å². The van der Waals surface area contributed by atoms with Gasteiger partial charge in [-0.3, -0.25) is 30.7 Å². The maximum absolute atomic E-state index is 10.7. The first-order chi connectivity index (χ1) is 15.1. The predicted molar refractivity (Wildman–Crippen MR) is 129 cm³/mol. The van der Waals surface area contributed by atoms with Gasteiger partial charge in [-0.25, -0.2) is 11.1 Å². The van der Waals surface area contributed by atoms with E-state index < -0.39 is 0 Å². The summed E-state index contributed by atoms with van der Waals surface area (Å²) in [5, 5.41) is 13.0. The molecule has 2 aromatic rings. The van der Waals surface area contributed by atoms with E-state index >= 15 is 0 Å². The summed E-state index contributed by atoms with van der Waals surface area (Å²) in [7, 11) is 1.90. The molecular weight excluding hydrogens is 482 g/mol. The second-order valence-corrected chi connectivity index (χ2v) is 7.93. The monoisotopic (exact) mass is 511 g/mol. The average Bonchev–Trinajstić information content (AvgIpc) is 3.09. The van der Waals surface area contributed by atoms with Crippen LogP contribution >= 0.6 is 0 Å². The molecular formula is C25H29K2N4O3-3. The molecule has 0 amide bonds. The van der Waals surface area contributed by atoms with Gasteiger partial charge in [-0.15, -0.1) is 23.8 Å². The average molecular weight is 512 g/mol. The number of nitrogen functional groups attached to an aromatic ring is 1. The molecule has 172 valence electrons. The van der Waals surface area contributed by atoms with Crippen LogP contribution in [0.25, 0.3) is 5.41 Å². The van der Waals surface area contributed by atoms with Gasteiger partial charge < -0.3 is 30.7 Å². The molecule has 1 heterocycles. The molecule has 0 fully saturated rings. The zero-order valence-electron chi connectivity index (χ0n) is 20.8. The number of carbonyl (C=O) groups excluding carboxylic acids is 1. The maximum Gasteiger partial charge on any atom is 1.00 e. The van der Waals surface area contributed by atoms with Crippen molar-refractivity contribution in [2.45, 2.75) is 25.8 Å². The first-order valence-electron chi connectivity index (χ1n) is 10.2. The molecule has 1 aliphatic heterocycles. The van der Waals surface area contributed by atoms with Crippen molar-refractivity contribution >= 4 is 23.6 Å². The number of nitrogens with two attached hydrogens (primary N) is 1. The second-order valence-electron chi connectivity index (χ2n) is 7.93. The number of likely N-dealkylation sites (N-methyl/N-ethyl adjacent to an activating group) is 1. The number of nitrogens with one attached hydrogen (secondary N) is 1. The summed E-state index contributed by atoms with van der Waals surface area (Å²) in [6, 6.07) is 11.4. The molecule has 3 rings (SSSR count). The molecule has 9 heteroatoms. The first kappa shape index (κ1) is 33.8. The van der Waals surface area contributed by atoms with Crippen LogP contribution in [0.3, 0.4) is 0 Å². The van der Waals surface area contributed by atoms with Gasteiger partial charge in [0.05, 0.1) is 18.4 Å². The number of aliphatic imine (C=N–C) groups is 1. The fourth-order valence-corrected chi connectivity index (χ4v) is 2.71. The maximum atomic E-state index is 10.7. The smallest absolute Gasteiger partial charge is 0.859 e. The Hall–Kier alpha value is -0.177. The van der Waals surface area contributed by atoms with Crippen molar-refractivity contribution in [1.29, 1.82) is 0 Å². The minimum atomic E-state index is -0.262. The Morgan fingerprint density at radius 1 is 1.32 bits per heavy atom. The van der Waals surface area contributed by atoms with Gasteiger partial charge in [-0.1, -0.05) is 5.69 Å². The first-order valence-corrected chi connectivity index (χ1v) is 10.2. The fraction of sp³-hybridized carbons (Fsp3) is 0.320. The second kappa shape index (κ2) is 16.5. The van der Waals surface area contributed by atoms with Crippen molar-refractivity contribution in [1.82, 2.24) is 5.32 Å². The molecule has 0 spiro atoms. The molecule has 0 radical (unpaired) electrons. The summed E-state index contributed by atoms with van der Waals surface area (Å²) in [6.07, 6.45) is 1.89. The molecule has 7 nitrogen and oxygen atoms in total. The third-order valence-corrected chi connectivity index (χ3v) is 4.54. The van der Waals surface area contributed by atoms with Crippen LogP contribution in [0.4, 0.5) is 5.69 Å². The Morgan fingerprint density at radius 2 is 2.03 bits per heavy atom. The Balaban J connectivity index is 0.000000644. The van der Waals surface area contributed by atoms with E-state index in [2.05, 4.69) is 30.2 Å². The number of anilines is 1. The minimum absolute atomic E-state index is 0. The van der Waals surface area contributed by atoms with Crippen LogP contribution in [0.2, 0.25) is 0 Å². The molecule has 1 aliphatic rings. The van der Waals surface area contributed by atoms with Crippen molar-refractivity contribution in [2.75, 3.05) is 32.5 Å². The Bertz CT molecular complexity index is 994. The van der Waals surface area contributed by atoms with E-state index in [1.165, 1.54) is 12.1 Å². The van der Waals surface area contributed by atoms with E-state index in [-0.39, 0.29) is 132 Å². The number of benzene rings is 2. The van der Waals surface area contributed by atoms with Gasteiger partial charge in [0.15, 0.2) is 5.90 Å². The molecule has 0 atom stereocenters. The Morgan fingerprint density at radius 3 is 2.59 bits per heavy atom. The van der Waals surface area contributed by atoms with Crippen molar-refractivity contribution in [3.63, 3.8) is 0 Å². The number of ether oxygens (including phenoxy) is 2. The number of rotatable bonds is 8. The van der Waals surface area contributed by atoms with Gasteiger partial charge in [0, 0.05) is 12.3 Å². The largest absolute Gasteiger partial charge is 1.00 e. The summed E-state index contributed by atoms with van der Waals surface area (Å²) in [4.78, 5) is 15.0. The Kier molecular flexibility index (Phi) is 16.5. The molecule has 0 unspecified atom stereocenters. The van der Waals surface area contributed by atoms with Crippen molar-refractivity contribution in [2.24, 2.45) is 4.99 Å². The van der Waals surface area contributed by atoms with Crippen LogP contribution in [0.1, 0.15) is 42.5 Å². The van der Waals surface area contributed by atoms with E-state index in [4.69, 9.17) is 15.2 Å². The van der Waals surface area contributed by atoms with Crippen molar-refractivity contribution in [3.8, 4) is 5.75 Å². The number of nitrogens with zero attached hydrogens (tertiary/aromatic N) is 2. The fourth-order valence-electron chi connectivity index (χ4n) is 2.71. The van der Waals surface area contributed by atoms with Crippen LogP contribution in [-0.4, -0.2) is 50.2 Å². The van der Waals surface area contributed by atoms with Gasteiger partial charge in [0.25, 0.3) is 0 Å². The molecule has 2 aromatic carbocycles. The van der Waals surface area contributed by atoms with Crippen LogP contribution in [0, 0.1) is 19.9 Å². The molecule has 0 saturated heterocycles. The predicted octanol–water partition coefficient (Wildman–Crippen LogP) is -2.86. The summed E-state index contributed by atoms with van der Waals surface area (Å²) < 4.78 is 10.8. The van der Waals surface area contributed by atoms with E-state index in [1.807, 2.05) is 39.1 Å². The number of hydrogen-bond acceptors (Lipinski definition) is 6. The van der Waals surface area contributed by atoms with Crippen LogP contribution < -0.4 is 119 Å². The molecule has 3 N–H and O–H groups in total. The van der Waals surface area contributed by atoms with Gasteiger partial charge >= 0.3 is 103 Å². The zero-order chi connectivity index (χ0) is 23.7. The van der Waals surface area contributed by atoms with Gasteiger partial charge in [0.2, 0.25) is 0 Å². The molecule has 0 aliphatic carbocycles. The molecule has 34 heavy (non-hydrogen) atoms. The normalized spacial score (nSPS) is 13.1. The van der Waals surface area contributed by atoms with Crippen molar-refractivity contribution < 1.29 is 117 Å². The van der Waals surface area contributed by atoms with Crippen LogP contribution in [0.15, 0.2) is 35.3 Å².